The molecule has 1 fully saturated rings. The number of hydrogen-bond donors (Lipinski definition) is 3. The van der Waals surface area contributed by atoms with Crippen molar-refractivity contribution < 1.29 is 32.9 Å². The average Bonchev–Trinajstić information content (AvgIpc) is 3.64. The standard InChI is InChI=1S/C29H27ClF2N2O5/c1-33-28(36)17-10-21-27(38-16(13-35)14-37-21)26(32)24(17)23-18-12-29(22-8-5-9-34-22,15-6-3-2-4-7-15)39-20(18)11-19(31)25(23)30/h2-4,6-7,10-11,16,22,34-35H,5,8-9,12-14H2,1H3,(H,33,36)/t16?,22-,29-/m0/s1. The van der Waals surface area contributed by atoms with Gasteiger partial charge in [-0.25, -0.2) is 8.78 Å². The summed E-state index contributed by atoms with van der Waals surface area (Å²) in [5, 5.41) is 15.3. The minimum Gasteiger partial charge on any atom is -0.486 e. The molecule has 1 unspecified atom stereocenters. The van der Waals surface area contributed by atoms with E-state index in [1.165, 1.54) is 19.2 Å². The zero-order valence-electron chi connectivity index (χ0n) is 21.2. The smallest absolute Gasteiger partial charge is 0.251 e. The zero-order chi connectivity index (χ0) is 27.3. The fraction of sp³-hybridized carbons (Fsp3) is 0.345. The van der Waals surface area contributed by atoms with Gasteiger partial charge in [-0.05, 0) is 31.0 Å². The van der Waals surface area contributed by atoms with Crippen molar-refractivity contribution in [2.75, 3.05) is 26.8 Å². The van der Waals surface area contributed by atoms with E-state index in [4.69, 9.17) is 25.8 Å². The summed E-state index contributed by atoms with van der Waals surface area (Å²) in [7, 11) is 1.41. The second-order valence-electron chi connectivity index (χ2n) is 9.96. The van der Waals surface area contributed by atoms with Gasteiger partial charge >= 0.3 is 0 Å². The predicted molar refractivity (Wildman–Crippen MR) is 141 cm³/mol. The summed E-state index contributed by atoms with van der Waals surface area (Å²) in [6, 6.07) is 12.1. The molecule has 0 aliphatic carbocycles. The molecular formula is C29H27ClF2N2O5. The third-order valence-corrected chi connectivity index (χ3v) is 8.09. The third-order valence-electron chi connectivity index (χ3n) is 7.73. The Labute approximate surface area is 229 Å². The normalized spacial score (nSPS) is 23.3. The van der Waals surface area contributed by atoms with Crippen molar-refractivity contribution in [3.05, 3.63) is 75.8 Å². The average molecular weight is 557 g/mol. The van der Waals surface area contributed by atoms with E-state index in [-0.39, 0.29) is 58.0 Å². The SMILES string of the molecule is CNC(=O)c1cc2c(c(F)c1-c1c(Cl)c(F)cc3c1C[C@](c1ccccc1)([C@@H]1CCCN1)O3)OC(CO)CO2. The first-order chi connectivity index (χ1) is 18.9. The maximum Gasteiger partial charge on any atom is 0.251 e. The van der Waals surface area contributed by atoms with Crippen LogP contribution in [0.1, 0.15) is 34.3 Å². The summed E-state index contributed by atoms with van der Waals surface area (Å²) in [5.74, 6) is -2.39. The molecule has 3 aliphatic rings. The van der Waals surface area contributed by atoms with Crippen LogP contribution in [0.15, 0.2) is 42.5 Å². The molecule has 0 saturated carbocycles. The molecule has 1 amide bonds. The molecular weight excluding hydrogens is 530 g/mol. The third kappa shape index (κ3) is 4.11. The highest BCUT2D eigenvalue weighted by Gasteiger charge is 2.50. The molecule has 7 nitrogen and oxygen atoms in total. The number of ether oxygens (including phenoxy) is 3. The number of fused-ring (bicyclic) bond motifs is 2. The molecule has 204 valence electrons. The summed E-state index contributed by atoms with van der Waals surface area (Å²) in [4.78, 5) is 13.0. The number of amides is 1. The lowest BCUT2D eigenvalue weighted by Crippen LogP contribution is -2.48. The van der Waals surface area contributed by atoms with Gasteiger partial charge in [-0.1, -0.05) is 41.9 Å². The molecule has 0 bridgehead atoms. The molecule has 0 spiro atoms. The van der Waals surface area contributed by atoms with Crippen LogP contribution in [0.2, 0.25) is 5.02 Å². The topological polar surface area (TPSA) is 89.1 Å². The number of rotatable bonds is 5. The van der Waals surface area contributed by atoms with E-state index >= 15 is 8.78 Å². The number of benzene rings is 3. The summed E-state index contributed by atoms with van der Waals surface area (Å²) in [6.07, 6.45) is 1.24. The van der Waals surface area contributed by atoms with Crippen molar-refractivity contribution in [1.82, 2.24) is 10.6 Å². The van der Waals surface area contributed by atoms with Crippen LogP contribution in [0.25, 0.3) is 11.1 Å². The number of halogens is 3. The molecule has 0 radical (unpaired) electrons. The molecule has 3 heterocycles. The van der Waals surface area contributed by atoms with Crippen LogP contribution < -0.4 is 24.8 Å². The Morgan fingerprint density at radius 2 is 2.00 bits per heavy atom. The first-order valence-corrected chi connectivity index (χ1v) is 13.2. The van der Waals surface area contributed by atoms with Crippen molar-refractivity contribution >= 4 is 17.5 Å². The van der Waals surface area contributed by atoms with Crippen LogP contribution in [-0.2, 0) is 12.0 Å². The van der Waals surface area contributed by atoms with Gasteiger partial charge in [-0.3, -0.25) is 4.79 Å². The minimum absolute atomic E-state index is 0.00811. The molecule has 6 rings (SSSR count). The number of aliphatic hydroxyl groups excluding tert-OH is 1. The lowest BCUT2D eigenvalue weighted by atomic mass is 9.80. The highest BCUT2D eigenvalue weighted by molar-refractivity contribution is 6.34. The monoisotopic (exact) mass is 556 g/mol. The number of hydrogen-bond acceptors (Lipinski definition) is 6. The molecule has 3 aromatic carbocycles. The molecule has 1 saturated heterocycles. The van der Waals surface area contributed by atoms with Gasteiger partial charge in [0.1, 0.15) is 18.2 Å². The second kappa shape index (κ2) is 9.97. The van der Waals surface area contributed by atoms with Gasteiger partial charge in [-0.2, -0.15) is 0 Å². The van der Waals surface area contributed by atoms with Crippen molar-refractivity contribution in [1.29, 1.82) is 0 Å². The van der Waals surface area contributed by atoms with Gasteiger partial charge in [0, 0.05) is 36.2 Å². The molecule has 3 aromatic rings. The van der Waals surface area contributed by atoms with E-state index in [9.17, 15) is 9.90 Å². The van der Waals surface area contributed by atoms with Gasteiger partial charge in [-0.15, -0.1) is 0 Å². The Morgan fingerprint density at radius 3 is 2.69 bits per heavy atom. The highest BCUT2D eigenvalue weighted by atomic mass is 35.5. The Hall–Kier alpha value is -3.40. The Kier molecular flexibility index (Phi) is 6.61. The second-order valence-corrected chi connectivity index (χ2v) is 10.3. The Morgan fingerprint density at radius 1 is 1.21 bits per heavy atom. The molecule has 3 aliphatic heterocycles. The van der Waals surface area contributed by atoms with Crippen molar-refractivity contribution in [3.63, 3.8) is 0 Å². The van der Waals surface area contributed by atoms with E-state index in [0.29, 0.717) is 5.56 Å². The minimum atomic E-state index is -0.935. The van der Waals surface area contributed by atoms with E-state index in [1.807, 2.05) is 30.3 Å². The predicted octanol–water partition coefficient (Wildman–Crippen LogP) is 4.36. The summed E-state index contributed by atoms with van der Waals surface area (Å²) >= 11 is 6.58. The quantitative estimate of drug-likeness (QED) is 0.433. The largest absolute Gasteiger partial charge is 0.486 e. The number of carbonyl (C=O) groups is 1. The molecule has 0 aromatic heterocycles. The maximum atomic E-state index is 16.4. The van der Waals surface area contributed by atoms with Crippen molar-refractivity contribution in [2.45, 2.75) is 37.0 Å². The molecule has 3 atom stereocenters. The number of nitrogens with one attached hydrogen (secondary N) is 2. The lowest BCUT2D eigenvalue weighted by Gasteiger charge is -2.35. The Balaban J connectivity index is 1.59. The number of aliphatic hydroxyl groups is 1. The first-order valence-electron chi connectivity index (χ1n) is 12.9. The number of carbonyl (C=O) groups excluding carboxylic acids is 1. The van der Waals surface area contributed by atoms with Gasteiger partial charge < -0.3 is 30.0 Å². The van der Waals surface area contributed by atoms with E-state index < -0.39 is 35.9 Å². The fourth-order valence-corrected chi connectivity index (χ4v) is 6.14. The lowest BCUT2D eigenvalue weighted by molar-refractivity contribution is 0.0418. The van der Waals surface area contributed by atoms with Crippen LogP contribution in [0.3, 0.4) is 0 Å². The van der Waals surface area contributed by atoms with E-state index in [0.717, 1.165) is 24.9 Å². The van der Waals surface area contributed by atoms with E-state index in [2.05, 4.69) is 10.6 Å². The van der Waals surface area contributed by atoms with Gasteiger partial charge in [0.2, 0.25) is 0 Å². The van der Waals surface area contributed by atoms with Crippen LogP contribution >= 0.6 is 11.6 Å². The summed E-state index contributed by atoms with van der Waals surface area (Å²) in [5.41, 5.74) is 0.192. The molecule has 10 heteroatoms. The zero-order valence-corrected chi connectivity index (χ0v) is 21.9. The van der Waals surface area contributed by atoms with Gasteiger partial charge in [0.05, 0.1) is 23.2 Å². The van der Waals surface area contributed by atoms with Gasteiger partial charge in [0.15, 0.2) is 29.0 Å². The first kappa shape index (κ1) is 25.9. The van der Waals surface area contributed by atoms with Crippen molar-refractivity contribution in [3.8, 4) is 28.4 Å². The highest BCUT2D eigenvalue weighted by Crippen LogP contribution is 2.53. The maximum absolute atomic E-state index is 16.4. The van der Waals surface area contributed by atoms with Crippen LogP contribution in [0.5, 0.6) is 17.2 Å². The summed E-state index contributed by atoms with van der Waals surface area (Å²) in [6.45, 7) is 0.390. The van der Waals surface area contributed by atoms with Crippen LogP contribution in [0, 0.1) is 11.6 Å². The summed E-state index contributed by atoms with van der Waals surface area (Å²) < 4.78 is 49.7. The Bertz CT molecular complexity index is 1450. The van der Waals surface area contributed by atoms with Gasteiger partial charge in [0.25, 0.3) is 5.91 Å². The van der Waals surface area contributed by atoms with Crippen molar-refractivity contribution in [2.24, 2.45) is 0 Å². The molecule has 3 N–H and O–H groups in total. The van der Waals surface area contributed by atoms with E-state index in [1.54, 1.807) is 0 Å². The van der Waals surface area contributed by atoms with Crippen LogP contribution in [0.4, 0.5) is 8.78 Å². The van der Waals surface area contributed by atoms with Crippen LogP contribution in [-0.4, -0.2) is 50.0 Å². The fourth-order valence-electron chi connectivity index (χ4n) is 5.88. The molecule has 39 heavy (non-hydrogen) atoms.